The van der Waals surface area contributed by atoms with Crippen LogP contribution in [0.25, 0.3) is 10.9 Å². The zero-order valence-corrected chi connectivity index (χ0v) is 13.3. The highest BCUT2D eigenvalue weighted by Crippen LogP contribution is 2.25. The SMILES string of the molecule is CC(=O)Nc1n[nH]c2ccc(NS(=O)(=O)c3cccc(F)c3)cc12. The molecule has 2 aromatic carbocycles. The molecule has 1 amide bonds. The number of aromatic nitrogens is 2. The van der Waals surface area contributed by atoms with Crippen LogP contribution in [-0.2, 0) is 14.8 Å². The normalized spacial score (nSPS) is 11.4. The molecular weight excluding hydrogens is 335 g/mol. The lowest BCUT2D eigenvalue weighted by atomic mass is 10.2. The molecule has 0 radical (unpaired) electrons. The second-order valence-electron chi connectivity index (χ2n) is 5.08. The molecule has 0 aliphatic heterocycles. The molecule has 0 saturated heterocycles. The fourth-order valence-electron chi connectivity index (χ4n) is 2.19. The van der Waals surface area contributed by atoms with Crippen LogP contribution in [0.15, 0.2) is 47.4 Å². The van der Waals surface area contributed by atoms with Crippen LogP contribution in [0.3, 0.4) is 0 Å². The van der Waals surface area contributed by atoms with Gasteiger partial charge < -0.3 is 5.32 Å². The van der Waals surface area contributed by atoms with Gasteiger partial charge in [-0.1, -0.05) is 6.07 Å². The van der Waals surface area contributed by atoms with Crippen LogP contribution >= 0.6 is 0 Å². The largest absolute Gasteiger partial charge is 0.309 e. The van der Waals surface area contributed by atoms with E-state index in [9.17, 15) is 17.6 Å². The number of benzene rings is 2. The van der Waals surface area contributed by atoms with Crippen LogP contribution in [0, 0.1) is 5.82 Å². The predicted molar refractivity (Wildman–Crippen MR) is 87.6 cm³/mol. The van der Waals surface area contributed by atoms with Crippen molar-refractivity contribution in [1.29, 1.82) is 0 Å². The van der Waals surface area contributed by atoms with Gasteiger partial charge in [-0.2, -0.15) is 5.10 Å². The number of sulfonamides is 1. The van der Waals surface area contributed by atoms with Crippen molar-refractivity contribution in [2.45, 2.75) is 11.8 Å². The lowest BCUT2D eigenvalue weighted by Crippen LogP contribution is -2.13. The Morgan fingerprint density at radius 2 is 2.00 bits per heavy atom. The first-order valence-corrected chi connectivity index (χ1v) is 8.37. The third-order valence-electron chi connectivity index (χ3n) is 3.22. The van der Waals surface area contributed by atoms with E-state index in [2.05, 4.69) is 20.2 Å². The highest BCUT2D eigenvalue weighted by Gasteiger charge is 2.16. The first-order valence-electron chi connectivity index (χ1n) is 6.89. The predicted octanol–water partition coefficient (Wildman–Crippen LogP) is 2.46. The topological polar surface area (TPSA) is 104 Å². The molecule has 1 heterocycles. The molecule has 1 aromatic heterocycles. The average molecular weight is 348 g/mol. The van der Waals surface area contributed by atoms with Gasteiger partial charge in [0.2, 0.25) is 5.91 Å². The lowest BCUT2D eigenvalue weighted by Gasteiger charge is -2.08. The second kappa shape index (κ2) is 5.93. The summed E-state index contributed by atoms with van der Waals surface area (Å²) in [4.78, 5) is 11.0. The maximum absolute atomic E-state index is 13.2. The van der Waals surface area contributed by atoms with E-state index in [4.69, 9.17) is 0 Å². The average Bonchev–Trinajstić information content (AvgIpc) is 2.89. The Bertz CT molecular complexity index is 1030. The van der Waals surface area contributed by atoms with Gasteiger partial charge >= 0.3 is 0 Å². The Hall–Kier alpha value is -2.94. The number of hydrogen-bond acceptors (Lipinski definition) is 4. The van der Waals surface area contributed by atoms with Crippen LogP contribution in [0.2, 0.25) is 0 Å². The van der Waals surface area contributed by atoms with E-state index in [0.29, 0.717) is 16.7 Å². The minimum absolute atomic E-state index is 0.183. The molecule has 0 aliphatic rings. The quantitative estimate of drug-likeness (QED) is 0.674. The van der Waals surface area contributed by atoms with E-state index in [-0.39, 0.29) is 16.5 Å². The Labute approximate surface area is 136 Å². The maximum atomic E-state index is 13.2. The van der Waals surface area contributed by atoms with Crippen molar-refractivity contribution in [3.8, 4) is 0 Å². The van der Waals surface area contributed by atoms with Gasteiger partial charge in [0.25, 0.3) is 10.0 Å². The highest BCUT2D eigenvalue weighted by atomic mass is 32.2. The van der Waals surface area contributed by atoms with E-state index in [1.807, 2.05) is 0 Å². The zero-order valence-electron chi connectivity index (χ0n) is 12.5. The highest BCUT2D eigenvalue weighted by molar-refractivity contribution is 7.92. The number of amides is 1. The number of nitrogens with one attached hydrogen (secondary N) is 3. The molecule has 3 N–H and O–H groups in total. The number of rotatable bonds is 4. The first kappa shape index (κ1) is 15.9. The molecule has 0 saturated carbocycles. The third kappa shape index (κ3) is 3.20. The summed E-state index contributed by atoms with van der Waals surface area (Å²) in [6, 6.07) is 9.40. The van der Waals surface area contributed by atoms with Gasteiger partial charge in [-0.15, -0.1) is 0 Å². The number of fused-ring (bicyclic) bond motifs is 1. The van der Waals surface area contributed by atoms with E-state index in [1.165, 1.54) is 31.2 Å². The van der Waals surface area contributed by atoms with Crippen molar-refractivity contribution >= 4 is 38.3 Å². The van der Waals surface area contributed by atoms with Crippen LogP contribution in [0.4, 0.5) is 15.9 Å². The Morgan fingerprint density at radius 3 is 2.71 bits per heavy atom. The molecule has 0 atom stereocenters. The van der Waals surface area contributed by atoms with Gasteiger partial charge in [-0.05, 0) is 36.4 Å². The monoisotopic (exact) mass is 348 g/mol. The van der Waals surface area contributed by atoms with E-state index >= 15 is 0 Å². The standard InChI is InChI=1S/C15H13FN4O3S/c1-9(21)17-15-13-8-11(5-6-14(13)18-19-15)20-24(22,23)12-4-2-3-10(16)7-12/h2-8,20H,1H3,(H2,17,18,19,21). The van der Waals surface area contributed by atoms with Gasteiger partial charge in [0.05, 0.1) is 10.4 Å². The van der Waals surface area contributed by atoms with Crippen LogP contribution in [0.5, 0.6) is 0 Å². The van der Waals surface area contributed by atoms with E-state index in [0.717, 1.165) is 12.1 Å². The third-order valence-corrected chi connectivity index (χ3v) is 4.59. The Morgan fingerprint density at radius 1 is 1.21 bits per heavy atom. The van der Waals surface area contributed by atoms with Crippen molar-refractivity contribution in [3.63, 3.8) is 0 Å². The van der Waals surface area contributed by atoms with Gasteiger partial charge in [-0.25, -0.2) is 12.8 Å². The van der Waals surface area contributed by atoms with Crippen molar-refractivity contribution < 1.29 is 17.6 Å². The van der Waals surface area contributed by atoms with Crippen molar-refractivity contribution in [3.05, 3.63) is 48.3 Å². The van der Waals surface area contributed by atoms with Crippen LogP contribution in [-0.4, -0.2) is 24.5 Å². The summed E-state index contributed by atoms with van der Waals surface area (Å²) in [7, 11) is -3.93. The maximum Gasteiger partial charge on any atom is 0.261 e. The Balaban J connectivity index is 1.96. The van der Waals surface area contributed by atoms with Crippen molar-refractivity contribution in [2.24, 2.45) is 0 Å². The number of H-pyrrole nitrogens is 1. The summed E-state index contributed by atoms with van der Waals surface area (Å²) in [5.41, 5.74) is 0.896. The van der Waals surface area contributed by atoms with Crippen LogP contribution < -0.4 is 10.0 Å². The fraction of sp³-hybridized carbons (Fsp3) is 0.0667. The second-order valence-corrected chi connectivity index (χ2v) is 6.76. The number of aromatic amines is 1. The molecule has 0 spiro atoms. The summed E-state index contributed by atoms with van der Waals surface area (Å²) < 4.78 is 40.2. The summed E-state index contributed by atoms with van der Waals surface area (Å²) in [6.45, 7) is 1.34. The molecule has 0 bridgehead atoms. The van der Waals surface area contributed by atoms with E-state index < -0.39 is 15.8 Å². The minimum Gasteiger partial charge on any atom is -0.309 e. The first-order chi connectivity index (χ1) is 11.3. The fourth-order valence-corrected chi connectivity index (χ4v) is 3.27. The molecule has 0 unspecified atom stereocenters. The lowest BCUT2D eigenvalue weighted by molar-refractivity contribution is -0.114. The summed E-state index contributed by atoms with van der Waals surface area (Å²) >= 11 is 0. The zero-order chi connectivity index (χ0) is 17.3. The number of hydrogen-bond donors (Lipinski definition) is 3. The number of carbonyl (C=O) groups excluding carboxylic acids is 1. The molecule has 124 valence electrons. The summed E-state index contributed by atoms with van der Waals surface area (Å²) in [5.74, 6) is -0.644. The van der Waals surface area contributed by atoms with Crippen molar-refractivity contribution in [2.75, 3.05) is 10.0 Å². The number of nitrogens with zero attached hydrogens (tertiary/aromatic N) is 1. The molecular formula is C15H13FN4O3S. The van der Waals surface area contributed by atoms with Crippen molar-refractivity contribution in [1.82, 2.24) is 10.2 Å². The number of carbonyl (C=O) groups is 1. The molecule has 3 aromatic rings. The number of halogens is 1. The minimum atomic E-state index is -3.93. The van der Waals surface area contributed by atoms with Gasteiger partial charge in [-0.3, -0.25) is 14.6 Å². The number of anilines is 2. The van der Waals surface area contributed by atoms with Gasteiger partial charge in [0.15, 0.2) is 5.82 Å². The summed E-state index contributed by atoms with van der Waals surface area (Å²) in [5, 5.41) is 9.79. The molecule has 0 aliphatic carbocycles. The smallest absolute Gasteiger partial charge is 0.261 e. The van der Waals surface area contributed by atoms with Gasteiger partial charge in [0, 0.05) is 18.0 Å². The Kier molecular flexibility index (Phi) is 3.94. The molecule has 24 heavy (non-hydrogen) atoms. The van der Waals surface area contributed by atoms with Crippen LogP contribution in [0.1, 0.15) is 6.92 Å². The molecule has 9 heteroatoms. The molecule has 3 rings (SSSR count). The molecule has 0 fully saturated rings. The summed E-state index contributed by atoms with van der Waals surface area (Å²) in [6.07, 6.45) is 0. The van der Waals surface area contributed by atoms with Gasteiger partial charge in [0.1, 0.15) is 5.82 Å². The molecule has 7 nitrogen and oxygen atoms in total. The van der Waals surface area contributed by atoms with E-state index in [1.54, 1.807) is 6.07 Å².